The molecule has 1 N–H and O–H groups in total. The number of benzene rings is 1. The van der Waals surface area contributed by atoms with Crippen LogP contribution in [0.15, 0.2) is 29.2 Å². The summed E-state index contributed by atoms with van der Waals surface area (Å²) >= 11 is 5.96. The van der Waals surface area contributed by atoms with E-state index in [1.807, 2.05) is 0 Å². The predicted octanol–water partition coefficient (Wildman–Crippen LogP) is 2.96. The van der Waals surface area contributed by atoms with Crippen LogP contribution in [-0.2, 0) is 10.0 Å². The molecule has 2 heterocycles. The van der Waals surface area contributed by atoms with Gasteiger partial charge in [0.15, 0.2) is 5.78 Å². The molecule has 6 nitrogen and oxygen atoms in total. The van der Waals surface area contributed by atoms with Gasteiger partial charge in [-0.3, -0.25) is 9.89 Å². The first-order valence-electron chi connectivity index (χ1n) is 8.12. The van der Waals surface area contributed by atoms with Crippen molar-refractivity contribution < 1.29 is 13.2 Å². The summed E-state index contributed by atoms with van der Waals surface area (Å²) in [6, 6.07) is 6.78. The molecule has 0 saturated carbocycles. The van der Waals surface area contributed by atoms with Crippen LogP contribution in [0.4, 0.5) is 0 Å². The van der Waals surface area contributed by atoms with Crippen LogP contribution >= 0.6 is 11.6 Å². The van der Waals surface area contributed by atoms with Crippen LogP contribution in [0.3, 0.4) is 0 Å². The Balaban J connectivity index is 1.85. The minimum absolute atomic E-state index is 0.0666. The van der Waals surface area contributed by atoms with Crippen molar-refractivity contribution in [3.63, 3.8) is 0 Å². The maximum absolute atomic E-state index is 13.0. The third-order valence-corrected chi connectivity index (χ3v) is 6.89. The van der Waals surface area contributed by atoms with Gasteiger partial charge in [0.2, 0.25) is 10.0 Å². The van der Waals surface area contributed by atoms with E-state index in [0.717, 1.165) is 0 Å². The lowest BCUT2D eigenvalue weighted by Gasteiger charge is -2.31. The first-order valence-corrected chi connectivity index (χ1v) is 9.94. The molecule has 1 saturated heterocycles. The largest absolute Gasteiger partial charge is 0.294 e. The average Bonchev–Trinajstić information content (AvgIpc) is 2.93. The standard InChI is InChI=1S/C17H20ClN3O3S/c1-11-17(12(2)20-19-11)25(23,24)21-8-4-6-14(10-21)16(22)13-5-3-7-15(18)9-13/h3,5,7,9,14H,4,6,8,10H2,1-2H3,(H,19,20)/t14-/m0/s1. The normalized spacial score (nSPS) is 19.1. The van der Waals surface area contributed by atoms with E-state index in [1.165, 1.54) is 4.31 Å². The Bertz CT molecular complexity index is 888. The van der Waals surface area contributed by atoms with Gasteiger partial charge >= 0.3 is 0 Å². The fourth-order valence-electron chi connectivity index (χ4n) is 3.30. The summed E-state index contributed by atoms with van der Waals surface area (Å²) < 4.78 is 27.4. The van der Waals surface area contributed by atoms with E-state index in [0.29, 0.717) is 41.4 Å². The van der Waals surface area contributed by atoms with Gasteiger partial charge in [-0.25, -0.2) is 8.42 Å². The van der Waals surface area contributed by atoms with Crippen LogP contribution in [0.2, 0.25) is 5.02 Å². The quantitative estimate of drug-likeness (QED) is 0.825. The molecular weight excluding hydrogens is 362 g/mol. The lowest BCUT2D eigenvalue weighted by atomic mass is 9.91. The van der Waals surface area contributed by atoms with Gasteiger partial charge in [-0.1, -0.05) is 23.7 Å². The lowest BCUT2D eigenvalue weighted by Crippen LogP contribution is -2.42. The number of aromatic amines is 1. The van der Waals surface area contributed by atoms with Crippen molar-refractivity contribution >= 4 is 27.4 Å². The number of Topliss-reactive ketones (excluding diaryl/α,β-unsaturated/α-hetero) is 1. The Hall–Kier alpha value is -1.70. The Morgan fingerprint density at radius 1 is 1.36 bits per heavy atom. The topological polar surface area (TPSA) is 83.1 Å². The van der Waals surface area contributed by atoms with Crippen molar-refractivity contribution in [1.29, 1.82) is 0 Å². The number of hydrogen-bond donors (Lipinski definition) is 1. The van der Waals surface area contributed by atoms with Gasteiger partial charge in [-0.2, -0.15) is 9.40 Å². The number of aryl methyl sites for hydroxylation is 2. The number of aromatic nitrogens is 2. The second-order valence-corrected chi connectivity index (χ2v) is 8.65. The lowest BCUT2D eigenvalue weighted by molar-refractivity contribution is 0.0872. The molecule has 2 aromatic rings. The third kappa shape index (κ3) is 3.49. The number of rotatable bonds is 4. The predicted molar refractivity (Wildman–Crippen MR) is 95.3 cm³/mol. The van der Waals surface area contributed by atoms with Crippen molar-refractivity contribution in [1.82, 2.24) is 14.5 Å². The number of carbonyl (C=O) groups is 1. The van der Waals surface area contributed by atoms with Crippen molar-refractivity contribution in [3.8, 4) is 0 Å². The fraction of sp³-hybridized carbons (Fsp3) is 0.412. The molecule has 0 radical (unpaired) electrons. The summed E-state index contributed by atoms with van der Waals surface area (Å²) in [6.45, 7) is 3.93. The van der Waals surface area contributed by atoms with Crippen LogP contribution in [0.1, 0.15) is 34.6 Å². The minimum Gasteiger partial charge on any atom is -0.294 e. The molecule has 0 amide bonds. The summed E-state index contributed by atoms with van der Waals surface area (Å²) in [7, 11) is -3.68. The Kier molecular flexibility index (Phi) is 4.99. The zero-order valence-corrected chi connectivity index (χ0v) is 15.7. The van der Waals surface area contributed by atoms with Crippen LogP contribution in [0.5, 0.6) is 0 Å². The number of halogens is 1. The molecule has 0 unspecified atom stereocenters. The van der Waals surface area contributed by atoms with Crippen molar-refractivity contribution in [2.45, 2.75) is 31.6 Å². The molecule has 1 atom stereocenters. The van der Waals surface area contributed by atoms with Crippen molar-refractivity contribution in [2.75, 3.05) is 13.1 Å². The van der Waals surface area contributed by atoms with E-state index in [9.17, 15) is 13.2 Å². The minimum atomic E-state index is -3.68. The number of ketones is 1. The number of H-pyrrole nitrogens is 1. The van der Waals surface area contributed by atoms with E-state index in [-0.39, 0.29) is 23.1 Å². The zero-order valence-electron chi connectivity index (χ0n) is 14.1. The Labute approximate surface area is 152 Å². The van der Waals surface area contributed by atoms with Crippen LogP contribution < -0.4 is 0 Å². The second kappa shape index (κ2) is 6.90. The number of nitrogens with one attached hydrogen (secondary N) is 1. The summed E-state index contributed by atoms with van der Waals surface area (Å²) in [6.07, 6.45) is 1.31. The monoisotopic (exact) mass is 381 g/mol. The fourth-order valence-corrected chi connectivity index (χ4v) is 5.35. The van der Waals surface area contributed by atoms with Gasteiger partial charge in [0, 0.05) is 29.6 Å². The molecule has 0 bridgehead atoms. The average molecular weight is 382 g/mol. The van der Waals surface area contributed by atoms with Gasteiger partial charge in [0.05, 0.1) is 11.4 Å². The second-order valence-electron chi connectivity index (χ2n) is 6.34. The van der Waals surface area contributed by atoms with Gasteiger partial charge in [-0.15, -0.1) is 0 Å². The number of sulfonamides is 1. The molecule has 1 aromatic carbocycles. The molecule has 1 aliphatic heterocycles. The molecule has 134 valence electrons. The van der Waals surface area contributed by atoms with Gasteiger partial charge in [0.25, 0.3) is 0 Å². The highest BCUT2D eigenvalue weighted by Gasteiger charge is 2.35. The highest BCUT2D eigenvalue weighted by atomic mass is 35.5. The number of piperidine rings is 1. The summed E-state index contributed by atoms with van der Waals surface area (Å²) in [5.41, 5.74) is 1.48. The molecular formula is C17H20ClN3O3S. The number of hydrogen-bond acceptors (Lipinski definition) is 4. The van der Waals surface area contributed by atoms with Crippen LogP contribution in [-0.4, -0.2) is 41.8 Å². The maximum atomic E-state index is 13.0. The molecule has 1 aromatic heterocycles. The summed E-state index contributed by atoms with van der Waals surface area (Å²) in [5.74, 6) is -0.433. The smallest absolute Gasteiger partial charge is 0.246 e. The van der Waals surface area contributed by atoms with Gasteiger partial charge < -0.3 is 0 Å². The van der Waals surface area contributed by atoms with Crippen molar-refractivity contribution in [2.24, 2.45) is 5.92 Å². The molecule has 3 rings (SSSR count). The van der Waals surface area contributed by atoms with Crippen molar-refractivity contribution in [3.05, 3.63) is 46.2 Å². The Morgan fingerprint density at radius 3 is 2.76 bits per heavy atom. The molecule has 25 heavy (non-hydrogen) atoms. The first-order chi connectivity index (χ1) is 11.8. The first kappa shape index (κ1) is 18.1. The zero-order chi connectivity index (χ0) is 18.2. The van der Waals surface area contributed by atoms with Gasteiger partial charge in [0.1, 0.15) is 4.90 Å². The van der Waals surface area contributed by atoms with E-state index >= 15 is 0 Å². The summed E-state index contributed by atoms with van der Waals surface area (Å²) in [5, 5.41) is 7.18. The summed E-state index contributed by atoms with van der Waals surface area (Å²) in [4.78, 5) is 13.0. The number of carbonyl (C=O) groups excluding carboxylic acids is 1. The van der Waals surface area contributed by atoms with Gasteiger partial charge in [-0.05, 0) is 38.8 Å². The number of nitrogens with zero attached hydrogens (tertiary/aromatic N) is 2. The van der Waals surface area contributed by atoms with Crippen LogP contribution in [0, 0.1) is 19.8 Å². The molecule has 0 spiro atoms. The van der Waals surface area contributed by atoms with E-state index in [2.05, 4.69) is 10.2 Å². The maximum Gasteiger partial charge on any atom is 0.246 e. The molecule has 8 heteroatoms. The Morgan fingerprint density at radius 2 is 2.12 bits per heavy atom. The molecule has 1 aliphatic rings. The SMILES string of the molecule is Cc1n[nH]c(C)c1S(=O)(=O)N1CCC[C@H](C(=O)c2cccc(Cl)c2)C1. The van der Waals surface area contributed by atoms with Crippen LogP contribution in [0.25, 0.3) is 0 Å². The highest BCUT2D eigenvalue weighted by Crippen LogP contribution is 2.28. The highest BCUT2D eigenvalue weighted by molar-refractivity contribution is 7.89. The van der Waals surface area contributed by atoms with E-state index < -0.39 is 10.0 Å². The third-order valence-electron chi connectivity index (χ3n) is 4.52. The van der Waals surface area contributed by atoms with E-state index in [4.69, 9.17) is 11.6 Å². The molecule has 1 fully saturated rings. The molecule has 0 aliphatic carbocycles. The van der Waals surface area contributed by atoms with E-state index in [1.54, 1.807) is 38.1 Å².